The SMILES string of the molecule is CCOC(=O)CC(B1OC(C)(C)C(C)(C)O1)c1cccc(C)c1F. The van der Waals surface area contributed by atoms with Gasteiger partial charge in [-0.2, -0.15) is 0 Å². The van der Waals surface area contributed by atoms with E-state index >= 15 is 0 Å². The first kappa shape index (κ1) is 18.9. The molecule has 1 aliphatic rings. The fraction of sp³-hybridized carbons (Fsp3) is 0.611. The van der Waals surface area contributed by atoms with Crippen LogP contribution in [-0.4, -0.2) is 30.9 Å². The van der Waals surface area contributed by atoms with Gasteiger partial charge in [0.05, 0.1) is 24.2 Å². The summed E-state index contributed by atoms with van der Waals surface area (Å²) >= 11 is 0. The first-order valence-corrected chi connectivity index (χ1v) is 8.35. The third-order valence-corrected chi connectivity index (χ3v) is 4.91. The van der Waals surface area contributed by atoms with Gasteiger partial charge in [0.1, 0.15) is 5.82 Å². The van der Waals surface area contributed by atoms with Gasteiger partial charge in [0.2, 0.25) is 0 Å². The molecule has 1 aromatic rings. The summed E-state index contributed by atoms with van der Waals surface area (Å²) in [7, 11) is -0.712. The van der Waals surface area contributed by atoms with E-state index in [-0.39, 0.29) is 18.8 Å². The fourth-order valence-electron chi connectivity index (χ4n) is 2.76. The Morgan fingerprint density at radius 1 is 1.25 bits per heavy atom. The second-order valence-electron chi connectivity index (χ2n) is 7.22. The van der Waals surface area contributed by atoms with Crippen molar-refractivity contribution in [2.75, 3.05) is 6.61 Å². The molecule has 0 spiro atoms. The summed E-state index contributed by atoms with van der Waals surface area (Å²) < 4.78 is 31.8. The van der Waals surface area contributed by atoms with Crippen molar-refractivity contribution in [3.63, 3.8) is 0 Å². The highest BCUT2D eigenvalue weighted by Crippen LogP contribution is 2.42. The minimum atomic E-state index is -0.712. The predicted octanol–water partition coefficient (Wildman–Crippen LogP) is 3.80. The molecule has 2 rings (SSSR count). The maximum absolute atomic E-state index is 14.7. The van der Waals surface area contributed by atoms with Crippen LogP contribution >= 0.6 is 0 Å². The van der Waals surface area contributed by atoms with Crippen LogP contribution in [0.2, 0.25) is 0 Å². The summed E-state index contributed by atoms with van der Waals surface area (Å²) in [6, 6.07) is 5.15. The Kier molecular flexibility index (Phi) is 5.40. The standard InChI is InChI=1S/C18H26BFO4/c1-7-22-15(21)11-14(13-10-8-9-12(2)16(13)20)19-23-17(3,4)18(5,6)24-19/h8-10,14H,7,11H2,1-6H3. The van der Waals surface area contributed by atoms with E-state index in [0.29, 0.717) is 11.1 Å². The molecule has 0 radical (unpaired) electrons. The number of carbonyl (C=O) groups is 1. The molecule has 1 aliphatic heterocycles. The highest BCUT2D eigenvalue weighted by molar-refractivity contribution is 6.48. The quantitative estimate of drug-likeness (QED) is 0.606. The third kappa shape index (κ3) is 3.65. The van der Waals surface area contributed by atoms with Gasteiger partial charge in [-0.15, -0.1) is 0 Å². The van der Waals surface area contributed by atoms with E-state index in [2.05, 4.69) is 0 Å². The number of hydrogen-bond donors (Lipinski definition) is 0. The Morgan fingerprint density at radius 2 is 1.83 bits per heavy atom. The van der Waals surface area contributed by atoms with Crippen LogP contribution < -0.4 is 0 Å². The molecule has 1 atom stereocenters. The normalized spacial score (nSPS) is 20.0. The summed E-state index contributed by atoms with van der Waals surface area (Å²) in [5, 5.41) is 0. The maximum Gasteiger partial charge on any atom is 0.466 e. The minimum Gasteiger partial charge on any atom is -0.466 e. The molecule has 1 saturated heterocycles. The smallest absolute Gasteiger partial charge is 0.466 e. The number of esters is 1. The lowest BCUT2D eigenvalue weighted by molar-refractivity contribution is -0.143. The van der Waals surface area contributed by atoms with Crippen LogP contribution in [0.5, 0.6) is 0 Å². The molecule has 1 aromatic carbocycles. The van der Waals surface area contributed by atoms with Crippen LogP contribution in [-0.2, 0) is 18.8 Å². The molecule has 4 nitrogen and oxygen atoms in total. The lowest BCUT2D eigenvalue weighted by Crippen LogP contribution is -2.41. The second-order valence-corrected chi connectivity index (χ2v) is 7.22. The van der Waals surface area contributed by atoms with Gasteiger partial charge < -0.3 is 14.0 Å². The van der Waals surface area contributed by atoms with Gasteiger partial charge in [-0.25, -0.2) is 4.39 Å². The molecule has 0 amide bonds. The zero-order valence-electron chi connectivity index (χ0n) is 15.3. The Bertz CT molecular complexity index is 599. The highest BCUT2D eigenvalue weighted by Gasteiger charge is 2.54. The van der Waals surface area contributed by atoms with Crippen molar-refractivity contribution in [1.82, 2.24) is 0 Å². The molecule has 0 saturated carbocycles. The molecule has 6 heteroatoms. The van der Waals surface area contributed by atoms with Gasteiger partial charge in [0.15, 0.2) is 0 Å². The van der Waals surface area contributed by atoms with Crippen LogP contribution in [0.4, 0.5) is 4.39 Å². The topological polar surface area (TPSA) is 44.8 Å². The van der Waals surface area contributed by atoms with Crippen LogP contribution in [0.15, 0.2) is 18.2 Å². The molecular weight excluding hydrogens is 310 g/mol. The van der Waals surface area contributed by atoms with Gasteiger partial charge in [0, 0.05) is 5.82 Å². The first-order chi connectivity index (χ1) is 11.1. The maximum atomic E-state index is 14.7. The zero-order chi connectivity index (χ0) is 18.1. The lowest BCUT2D eigenvalue weighted by Gasteiger charge is -2.32. The average Bonchev–Trinajstić information content (AvgIpc) is 2.68. The molecule has 1 unspecified atom stereocenters. The number of ether oxygens (including phenoxy) is 1. The van der Waals surface area contributed by atoms with Gasteiger partial charge in [-0.1, -0.05) is 18.2 Å². The third-order valence-electron chi connectivity index (χ3n) is 4.91. The van der Waals surface area contributed by atoms with Crippen molar-refractivity contribution in [2.45, 2.75) is 65.0 Å². The molecule has 0 aromatic heterocycles. The molecule has 1 fully saturated rings. The molecule has 1 heterocycles. The number of carbonyl (C=O) groups excluding carboxylic acids is 1. The average molecular weight is 336 g/mol. The number of rotatable bonds is 5. The van der Waals surface area contributed by atoms with E-state index in [1.807, 2.05) is 27.7 Å². The number of aryl methyl sites for hydroxylation is 1. The minimum absolute atomic E-state index is 0.00500. The van der Waals surface area contributed by atoms with Crippen LogP contribution in [0.3, 0.4) is 0 Å². The summed E-state index contributed by atoms with van der Waals surface area (Å²) in [6.45, 7) is 11.5. The second kappa shape index (κ2) is 6.85. The van der Waals surface area contributed by atoms with E-state index in [0.717, 1.165) is 0 Å². The highest BCUT2D eigenvalue weighted by atomic mass is 19.1. The Labute approximate surface area is 143 Å². The summed E-state index contributed by atoms with van der Waals surface area (Å²) in [5.41, 5.74) is -0.158. The Hall–Kier alpha value is -1.40. The van der Waals surface area contributed by atoms with Gasteiger partial charge in [0.25, 0.3) is 0 Å². The summed E-state index contributed by atoms with van der Waals surface area (Å²) in [4.78, 5) is 12.0. The van der Waals surface area contributed by atoms with E-state index in [1.165, 1.54) is 0 Å². The Balaban J connectivity index is 2.37. The molecule has 0 N–H and O–H groups in total. The number of benzene rings is 1. The van der Waals surface area contributed by atoms with Crippen LogP contribution in [0.25, 0.3) is 0 Å². The van der Waals surface area contributed by atoms with Crippen molar-refractivity contribution in [3.05, 3.63) is 35.1 Å². The fourth-order valence-corrected chi connectivity index (χ4v) is 2.76. The summed E-state index contributed by atoms with van der Waals surface area (Å²) in [6.07, 6.45) is 0.00500. The molecular formula is C18H26BFO4. The van der Waals surface area contributed by atoms with Crippen molar-refractivity contribution in [2.24, 2.45) is 0 Å². The number of halogens is 1. The molecule has 24 heavy (non-hydrogen) atoms. The molecule has 0 aliphatic carbocycles. The number of hydrogen-bond acceptors (Lipinski definition) is 4. The van der Waals surface area contributed by atoms with E-state index in [4.69, 9.17) is 14.0 Å². The van der Waals surface area contributed by atoms with Crippen molar-refractivity contribution < 1.29 is 23.2 Å². The predicted molar refractivity (Wildman–Crippen MR) is 91.2 cm³/mol. The van der Waals surface area contributed by atoms with Gasteiger partial charge in [-0.05, 0) is 52.7 Å². The van der Waals surface area contributed by atoms with Gasteiger partial charge in [-0.3, -0.25) is 4.79 Å². The summed E-state index contributed by atoms with van der Waals surface area (Å²) in [5.74, 6) is -1.29. The molecule has 132 valence electrons. The monoisotopic (exact) mass is 336 g/mol. The lowest BCUT2D eigenvalue weighted by atomic mass is 9.66. The van der Waals surface area contributed by atoms with E-state index in [9.17, 15) is 9.18 Å². The Morgan fingerprint density at radius 3 is 2.38 bits per heavy atom. The van der Waals surface area contributed by atoms with Crippen molar-refractivity contribution in [1.29, 1.82) is 0 Å². The largest absolute Gasteiger partial charge is 0.466 e. The zero-order valence-corrected chi connectivity index (χ0v) is 15.3. The van der Waals surface area contributed by atoms with Crippen molar-refractivity contribution in [3.8, 4) is 0 Å². The van der Waals surface area contributed by atoms with Crippen LogP contribution in [0.1, 0.15) is 58.0 Å². The molecule has 0 bridgehead atoms. The van der Waals surface area contributed by atoms with E-state index in [1.54, 1.807) is 32.0 Å². The van der Waals surface area contributed by atoms with E-state index < -0.39 is 30.1 Å². The van der Waals surface area contributed by atoms with Crippen LogP contribution in [0, 0.1) is 12.7 Å². The van der Waals surface area contributed by atoms with Gasteiger partial charge >= 0.3 is 13.1 Å². The van der Waals surface area contributed by atoms with Crippen molar-refractivity contribution >= 4 is 13.1 Å². The first-order valence-electron chi connectivity index (χ1n) is 8.35.